The molecule has 1 aliphatic heterocycles. The van der Waals surface area contributed by atoms with Gasteiger partial charge in [0.05, 0.1) is 18.8 Å². The third kappa shape index (κ3) is 3.94. The van der Waals surface area contributed by atoms with E-state index in [0.29, 0.717) is 43.8 Å². The highest BCUT2D eigenvalue weighted by Crippen LogP contribution is 2.31. The zero-order valence-corrected chi connectivity index (χ0v) is 13.1. The van der Waals surface area contributed by atoms with Gasteiger partial charge in [0.2, 0.25) is 5.95 Å². The standard InChI is InChI=1S/C16H17F3N4O/c1-11-9-14(22-15(20-11)23-5-7-24-8-6-23)21-13-4-2-3-12(10-13)16(17,18)19/h2-4,9-10H,5-8H2,1H3,(H,20,21,22). The summed E-state index contributed by atoms with van der Waals surface area (Å²) in [5.41, 5.74) is 0.364. The number of nitrogens with zero attached hydrogens (tertiary/aromatic N) is 3. The van der Waals surface area contributed by atoms with E-state index >= 15 is 0 Å². The molecule has 0 amide bonds. The molecule has 0 aliphatic carbocycles. The van der Waals surface area contributed by atoms with Crippen molar-refractivity contribution in [1.29, 1.82) is 0 Å². The first-order valence-corrected chi connectivity index (χ1v) is 7.54. The fourth-order valence-electron chi connectivity index (χ4n) is 2.44. The van der Waals surface area contributed by atoms with Crippen LogP contribution in [0, 0.1) is 6.92 Å². The Labute approximate surface area is 137 Å². The maximum Gasteiger partial charge on any atom is 0.416 e. The summed E-state index contributed by atoms with van der Waals surface area (Å²) >= 11 is 0. The topological polar surface area (TPSA) is 50.3 Å². The second-order valence-corrected chi connectivity index (χ2v) is 5.50. The van der Waals surface area contributed by atoms with Crippen LogP contribution in [-0.4, -0.2) is 36.3 Å². The predicted octanol–water partition coefficient (Wildman–Crippen LogP) is 3.38. The summed E-state index contributed by atoms with van der Waals surface area (Å²) in [4.78, 5) is 10.8. The minimum absolute atomic E-state index is 0.329. The van der Waals surface area contributed by atoms with Crippen LogP contribution in [0.2, 0.25) is 0 Å². The Hall–Kier alpha value is -2.35. The fourth-order valence-corrected chi connectivity index (χ4v) is 2.44. The lowest BCUT2D eigenvalue weighted by Crippen LogP contribution is -2.37. The normalized spacial score (nSPS) is 15.4. The lowest BCUT2D eigenvalue weighted by Gasteiger charge is -2.27. The van der Waals surface area contributed by atoms with E-state index in [4.69, 9.17) is 4.74 Å². The number of ether oxygens (including phenoxy) is 1. The molecular formula is C16H17F3N4O. The molecule has 0 radical (unpaired) electrons. The molecule has 0 atom stereocenters. The number of benzene rings is 1. The van der Waals surface area contributed by atoms with Gasteiger partial charge in [-0.1, -0.05) is 6.07 Å². The van der Waals surface area contributed by atoms with Gasteiger partial charge in [0.25, 0.3) is 0 Å². The average Bonchev–Trinajstić information content (AvgIpc) is 2.54. The van der Waals surface area contributed by atoms with Crippen LogP contribution in [0.4, 0.5) is 30.6 Å². The number of morpholine rings is 1. The maximum absolute atomic E-state index is 12.8. The molecule has 5 nitrogen and oxygen atoms in total. The van der Waals surface area contributed by atoms with Crippen molar-refractivity contribution in [3.63, 3.8) is 0 Å². The van der Waals surface area contributed by atoms with E-state index in [9.17, 15) is 13.2 Å². The van der Waals surface area contributed by atoms with Gasteiger partial charge in [-0.15, -0.1) is 0 Å². The highest BCUT2D eigenvalue weighted by atomic mass is 19.4. The van der Waals surface area contributed by atoms with E-state index < -0.39 is 11.7 Å². The summed E-state index contributed by atoms with van der Waals surface area (Å²) < 4.78 is 43.7. The van der Waals surface area contributed by atoms with Gasteiger partial charge in [0, 0.05) is 30.5 Å². The van der Waals surface area contributed by atoms with Crippen LogP contribution in [-0.2, 0) is 10.9 Å². The van der Waals surface area contributed by atoms with Crippen LogP contribution in [0.25, 0.3) is 0 Å². The zero-order valence-electron chi connectivity index (χ0n) is 13.1. The summed E-state index contributed by atoms with van der Waals surface area (Å²) in [5.74, 6) is 1.01. The molecule has 24 heavy (non-hydrogen) atoms. The quantitative estimate of drug-likeness (QED) is 0.930. The molecule has 1 saturated heterocycles. The fraction of sp³-hybridized carbons (Fsp3) is 0.375. The van der Waals surface area contributed by atoms with Crippen molar-refractivity contribution in [1.82, 2.24) is 9.97 Å². The first-order chi connectivity index (χ1) is 11.4. The Morgan fingerprint density at radius 2 is 1.88 bits per heavy atom. The maximum atomic E-state index is 12.8. The first-order valence-electron chi connectivity index (χ1n) is 7.54. The Bertz CT molecular complexity index is 715. The summed E-state index contributed by atoms with van der Waals surface area (Å²) in [6.07, 6.45) is -4.38. The summed E-state index contributed by atoms with van der Waals surface area (Å²) in [6, 6.07) is 6.73. The van der Waals surface area contributed by atoms with Crippen molar-refractivity contribution in [2.75, 3.05) is 36.5 Å². The first kappa shape index (κ1) is 16.5. The van der Waals surface area contributed by atoms with Gasteiger partial charge in [-0.3, -0.25) is 0 Å². The van der Waals surface area contributed by atoms with Crippen LogP contribution < -0.4 is 10.2 Å². The van der Waals surface area contributed by atoms with Crippen LogP contribution >= 0.6 is 0 Å². The van der Waals surface area contributed by atoms with Gasteiger partial charge in [0.15, 0.2) is 0 Å². The third-order valence-corrected chi connectivity index (χ3v) is 3.60. The highest BCUT2D eigenvalue weighted by Gasteiger charge is 2.30. The van der Waals surface area contributed by atoms with E-state index in [1.807, 2.05) is 11.8 Å². The van der Waals surface area contributed by atoms with Crippen LogP contribution in [0.1, 0.15) is 11.3 Å². The second-order valence-electron chi connectivity index (χ2n) is 5.50. The molecule has 0 bridgehead atoms. The Morgan fingerprint density at radius 1 is 1.12 bits per heavy atom. The number of anilines is 3. The van der Waals surface area contributed by atoms with Gasteiger partial charge in [-0.05, 0) is 25.1 Å². The number of rotatable bonds is 3. The van der Waals surface area contributed by atoms with E-state index in [-0.39, 0.29) is 0 Å². The predicted molar refractivity (Wildman–Crippen MR) is 84.5 cm³/mol. The van der Waals surface area contributed by atoms with Gasteiger partial charge in [0.1, 0.15) is 5.82 Å². The number of hydrogen-bond donors (Lipinski definition) is 1. The van der Waals surface area contributed by atoms with Crippen LogP contribution in [0.5, 0.6) is 0 Å². The lowest BCUT2D eigenvalue weighted by atomic mass is 10.2. The average molecular weight is 338 g/mol. The second kappa shape index (κ2) is 6.64. The van der Waals surface area contributed by atoms with Crippen molar-refractivity contribution >= 4 is 17.5 Å². The minimum Gasteiger partial charge on any atom is -0.378 e. The number of hydrogen-bond acceptors (Lipinski definition) is 5. The molecule has 1 fully saturated rings. The summed E-state index contributed by atoms with van der Waals surface area (Å²) in [7, 11) is 0. The molecule has 0 saturated carbocycles. The Kier molecular flexibility index (Phi) is 4.57. The SMILES string of the molecule is Cc1cc(Nc2cccc(C(F)(F)F)c2)nc(N2CCOCC2)n1. The monoisotopic (exact) mass is 338 g/mol. The molecule has 8 heteroatoms. The van der Waals surface area contributed by atoms with Gasteiger partial charge < -0.3 is 15.0 Å². The lowest BCUT2D eigenvalue weighted by molar-refractivity contribution is -0.137. The van der Waals surface area contributed by atoms with E-state index in [1.165, 1.54) is 6.07 Å². The Balaban J connectivity index is 1.83. The molecule has 1 aliphatic rings. The molecule has 0 unspecified atom stereocenters. The van der Waals surface area contributed by atoms with Gasteiger partial charge in [-0.25, -0.2) is 4.98 Å². The number of aryl methyl sites for hydroxylation is 1. The molecule has 1 N–H and O–H groups in total. The molecule has 0 spiro atoms. The molecule has 2 heterocycles. The van der Waals surface area contributed by atoms with Crippen molar-refractivity contribution < 1.29 is 17.9 Å². The zero-order chi connectivity index (χ0) is 17.2. The molecule has 128 valence electrons. The van der Waals surface area contributed by atoms with Crippen LogP contribution in [0.3, 0.4) is 0 Å². The van der Waals surface area contributed by atoms with E-state index in [1.54, 1.807) is 12.1 Å². The van der Waals surface area contributed by atoms with Crippen LogP contribution in [0.15, 0.2) is 30.3 Å². The smallest absolute Gasteiger partial charge is 0.378 e. The Morgan fingerprint density at radius 3 is 2.58 bits per heavy atom. The molecule has 1 aromatic heterocycles. The number of halogens is 3. The van der Waals surface area contributed by atoms with Crippen molar-refractivity contribution in [3.8, 4) is 0 Å². The molecular weight excluding hydrogens is 321 g/mol. The summed E-state index contributed by atoms with van der Waals surface area (Å²) in [6.45, 7) is 4.41. The minimum atomic E-state index is -4.38. The number of nitrogens with one attached hydrogen (secondary N) is 1. The van der Waals surface area contributed by atoms with Gasteiger partial charge in [-0.2, -0.15) is 18.2 Å². The number of alkyl halides is 3. The number of aromatic nitrogens is 2. The molecule has 3 rings (SSSR count). The van der Waals surface area contributed by atoms with Crippen molar-refractivity contribution in [2.45, 2.75) is 13.1 Å². The van der Waals surface area contributed by atoms with E-state index in [0.717, 1.165) is 17.8 Å². The summed E-state index contributed by atoms with van der Waals surface area (Å²) in [5, 5.41) is 2.93. The highest BCUT2D eigenvalue weighted by molar-refractivity contribution is 5.59. The largest absolute Gasteiger partial charge is 0.416 e. The van der Waals surface area contributed by atoms with Crippen molar-refractivity contribution in [3.05, 3.63) is 41.6 Å². The van der Waals surface area contributed by atoms with E-state index in [2.05, 4.69) is 15.3 Å². The third-order valence-electron chi connectivity index (χ3n) is 3.60. The van der Waals surface area contributed by atoms with Gasteiger partial charge >= 0.3 is 6.18 Å². The molecule has 2 aromatic rings. The molecule has 1 aromatic carbocycles. The van der Waals surface area contributed by atoms with Crippen molar-refractivity contribution in [2.24, 2.45) is 0 Å².